The summed E-state index contributed by atoms with van der Waals surface area (Å²) in [7, 11) is -3.47. The van der Waals surface area contributed by atoms with Gasteiger partial charge >= 0.3 is 0 Å². The molecule has 2 heterocycles. The molecule has 0 N–H and O–H groups in total. The fourth-order valence-corrected chi connectivity index (χ4v) is 4.80. The summed E-state index contributed by atoms with van der Waals surface area (Å²) in [5.74, 6) is 0.596. The van der Waals surface area contributed by atoms with Crippen molar-refractivity contribution in [3.05, 3.63) is 59.5 Å². The van der Waals surface area contributed by atoms with E-state index in [0.717, 1.165) is 19.3 Å². The smallest absolute Gasteiger partial charge is 0.218 e. The summed E-state index contributed by atoms with van der Waals surface area (Å²) in [5.41, 5.74) is 1.10. The van der Waals surface area contributed by atoms with Gasteiger partial charge in [-0.15, -0.1) is 0 Å². The lowest BCUT2D eigenvalue weighted by molar-refractivity contribution is 0.225. The summed E-state index contributed by atoms with van der Waals surface area (Å²) in [6, 6.07) is 12.2. The lowest BCUT2D eigenvalue weighted by Crippen LogP contribution is -2.39. The second-order valence-corrected chi connectivity index (χ2v) is 7.63. The summed E-state index contributed by atoms with van der Waals surface area (Å²) in [6.45, 7) is 0.506. The van der Waals surface area contributed by atoms with Gasteiger partial charge in [0, 0.05) is 6.54 Å². The Labute approximate surface area is 136 Å². The highest BCUT2D eigenvalue weighted by Gasteiger charge is 2.34. The number of sulfonamides is 1. The molecule has 0 unspecified atom stereocenters. The molecule has 1 aromatic heterocycles. The fourth-order valence-electron chi connectivity index (χ4n) is 3.03. The number of nitriles is 1. The molecule has 2 aromatic rings. The molecule has 1 aliphatic rings. The van der Waals surface area contributed by atoms with E-state index >= 15 is 0 Å². The van der Waals surface area contributed by atoms with Crippen LogP contribution in [0.3, 0.4) is 0 Å². The van der Waals surface area contributed by atoms with Gasteiger partial charge < -0.3 is 4.42 Å². The predicted molar refractivity (Wildman–Crippen MR) is 85.8 cm³/mol. The van der Waals surface area contributed by atoms with Crippen molar-refractivity contribution >= 4 is 10.0 Å². The SMILES string of the molecule is N#Cc1cccc(CS(=O)(=O)N2CCCC[C@@H]2c2ccco2)c1. The molecule has 23 heavy (non-hydrogen) atoms. The summed E-state index contributed by atoms with van der Waals surface area (Å²) in [5, 5.41) is 8.95. The molecule has 0 saturated carbocycles. The van der Waals surface area contributed by atoms with Crippen LogP contribution in [0, 0.1) is 11.3 Å². The third-order valence-corrected chi connectivity index (χ3v) is 5.94. The fraction of sp³-hybridized carbons (Fsp3) is 0.353. The number of nitrogens with zero attached hydrogens (tertiary/aromatic N) is 2. The van der Waals surface area contributed by atoms with Crippen molar-refractivity contribution in [3.8, 4) is 6.07 Å². The van der Waals surface area contributed by atoms with Crippen molar-refractivity contribution in [1.82, 2.24) is 4.31 Å². The minimum absolute atomic E-state index is 0.0975. The second-order valence-electron chi connectivity index (χ2n) is 5.71. The molecule has 120 valence electrons. The minimum Gasteiger partial charge on any atom is -0.468 e. The van der Waals surface area contributed by atoms with Crippen molar-refractivity contribution in [2.24, 2.45) is 0 Å². The quantitative estimate of drug-likeness (QED) is 0.863. The van der Waals surface area contributed by atoms with Crippen molar-refractivity contribution in [1.29, 1.82) is 5.26 Å². The van der Waals surface area contributed by atoms with Gasteiger partial charge in [-0.25, -0.2) is 8.42 Å². The zero-order valence-electron chi connectivity index (χ0n) is 12.7. The second kappa shape index (κ2) is 6.57. The van der Waals surface area contributed by atoms with Crippen LogP contribution in [0.5, 0.6) is 0 Å². The molecule has 5 nitrogen and oxygen atoms in total. The van der Waals surface area contributed by atoms with Gasteiger partial charge in [-0.05, 0) is 42.7 Å². The molecule has 1 atom stereocenters. The van der Waals surface area contributed by atoms with E-state index in [1.165, 1.54) is 0 Å². The van der Waals surface area contributed by atoms with Crippen LogP contribution in [-0.4, -0.2) is 19.3 Å². The van der Waals surface area contributed by atoms with Gasteiger partial charge in [-0.2, -0.15) is 9.57 Å². The van der Waals surface area contributed by atoms with Gasteiger partial charge in [0.2, 0.25) is 10.0 Å². The molecule has 0 radical (unpaired) electrons. The molecule has 6 heteroatoms. The Morgan fingerprint density at radius 1 is 1.26 bits per heavy atom. The highest BCUT2D eigenvalue weighted by molar-refractivity contribution is 7.88. The maximum Gasteiger partial charge on any atom is 0.218 e. The summed E-state index contributed by atoms with van der Waals surface area (Å²) in [4.78, 5) is 0. The van der Waals surface area contributed by atoms with Gasteiger partial charge in [0.15, 0.2) is 0 Å². The van der Waals surface area contributed by atoms with Gasteiger partial charge in [0.1, 0.15) is 5.76 Å². The van der Waals surface area contributed by atoms with Crippen LogP contribution in [0.25, 0.3) is 0 Å². The van der Waals surface area contributed by atoms with Crippen molar-refractivity contribution in [2.75, 3.05) is 6.54 Å². The summed E-state index contributed by atoms with van der Waals surface area (Å²) in [6.07, 6.45) is 4.19. The lowest BCUT2D eigenvalue weighted by Gasteiger charge is -2.33. The Morgan fingerprint density at radius 3 is 2.87 bits per heavy atom. The van der Waals surface area contributed by atoms with E-state index in [0.29, 0.717) is 23.4 Å². The molecule has 0 amide bonds. The van der Waals surface area contributed by atoms with E-state index in [1.54, 1.807) is 40.9 Å². The maximum absolute atomic E-state index is 12.9. The van der Waals surface area contributed by atoms with E-state index in [9.17, 15) is 8.42 Å². The molecule has 1 saturated heterocycles. The Hall–Kier alpha value is -2.10. The first-order valence-electron chi connectivity index (χ1n) is 7.62. The Kier molecular flexibility index (Phi) is 4.51. The van der Waals surface area contributed by atoms with Gasteiger partial charge in [0.25, 0.3) is 0 Å². The predicted octanol–water partition coefficient (Wildman–Crippen LogP) is 3.21. The van der Waals surface area contributed by atoms with E-state index < -0.39 is 10.0 Å². The molecule has 3 rings (SSSR count). The third kappa shape index (κ3) is 3.46. The monoisotopic (exact) mass is 330 g/mol. The average molecular weight is 330 g/mol. The standard InChI is InChI=1S/C17H18N2O3S/c18-12-14-5-3-6-15(11-14)13-23(20,21)19-9-2-1-7-16(19)17-8-4-10-22-17/h3-6,8,10-11,16H,1-2,7,9,13H2/t16-/m1/s1. The number of furan rings is 1. The Morgan fingerprint density at radius 2 is 2.13 bits per heavy atom. The number of hydrogen-bond acceptors (Lipinski definition) is 4. The van der Waals surface area contributed by atoms with Gasteiger partial charge in [0.05, 0.1) is 29.7 Å². The molecule has 0 bridgehead atoms. The maximum atomic E-state index is 12.9. The van der Waals surface area contributed by atoms with Crippen LogP contribution in [0.2, 0.25) is 0 Å². The van der Waals surface area contributed by atoms with E-state index in [2.05, 4.69) is 0 Å². The lowest BCUT2D eigenvalue weighted by atomic mass is 10.0. The highest BCUT2D eigenvalue weighted by Crippen LogP contribution is 2.34. The van der Waals surface area contributed by atoms with Gasteiger partial charge in [-0.1, -0.05) is 18.6 Å². The van der Waals surface area contributed by atoms with E-state index in [-0.39, 0.29) is 11.8 Å². The number of benzene rings is 1. The highest BCUT2D eigenvalue weighted by atomic mass is 32.2. The van der Waals surface area contributed by atoms with Crippen LogP contribution in [-0.2, 0) is 15.8 Å². The molecule has 1 aromatic carbocycles. The molecule has 1 fully saturated rings. The molecular weight excluding hydrogens is 312 g/mol. The van der Waals surface area contributed by atoms with Crippen LogP contribution >= 0.6 is 0 Å². The van der Waals surface area contributed by atoms with Gasteiger partial charge in [-0.3, -0.25) is 0 Å². The van der Waals surface area contributed by atoms with Crippen LogP contribution in [0.4, 0.5) is 0 Å². The zero-order valence-corrected chi connectivity index (χ0v) is 13.5. The Bertz CT molecular complexity index is 807. The normalized spacial score (nSPS) is 19.3. The third-order valence-electron chi connectivity index (χ3n) is 4.09. The van der Waals surface area contributed by atoms with Crippen LogP contribution in [0.15, 0.2) is 47.1 Å². The molecule has 1 aliphatic heterocycles. The van der Waals surface area contributed by atoms with Crippen molar-refractivity contribution in [3.63, 3.8) is 0 Å². The molecule has 0 spiro atoms. The summed E-state index contributed by atoms with van der Waals surface area (Å²) >= 11 is 0. The van der Waals surface area contributed by atoms with E-state index in [4.69, 9.17) is 9.68 Å². The van der Waals surface area contributed by atoms with E-state index in [1.807, 2.05) is 12.1 Å². The van der Waals surface area contributed by atoms with Crippen LogP contribution < -0.4 is 0 Å². The first-order valence-corrected chi connectivity index (χ1v) is 9.23. The molecule has 0 aliphatic carbocycles. The first-order chi connectivity index (χ1) is 11.1. The first kappa shape index (κ1) is 15.8. The molecular formula is C17H18N2O3S. The number of rotatable bonds is 4. The Balaban J connectivity index is 1.86. The average Bonchev–Trinajstić information content (AvgIpc) is 3.09. The number of piperidine rings is 1. The zero-order chi connectivity index (χ0) is 16.3. The van der Waals surface area contributed by atoms with Crippen molar-refractivity contribution < 1.29 is 12.8 Å². The minimum atomic E-state index is -3.47. The topological polar surface area (TPSA) is 74.3 Å². The largest absolute Gasteiger partial charge is 0.468 e. The van der Waals surface area contributed by atoms with Crippen LogP contribution in [0.1, 0.15) is 42.2 Å². The number of hydrogen-bond donors (Lipinski definition) is 0. The van der Waals surface area contributed by atoms with Crippen molar-refractivity contribution in [2.45, 2.75) is 31.1 Å². The summed E-state index contributed by atoms with van der Waals surface area (Å²) < 4.78 is 32.7.